The summed E-state index contributed by atoms with van der Waals surface area (Å²) in [5, 5.41) is 0.920. The number of nitrogens with one attached hydrogen (secondary N) is 1. The van der Waals surface area contributed by atoms with Crippen LogP contribution in [0.25, 0.3) is 11.0 Å². The minimum atomic E-state index is 0.0378. The third kappa shape index (κ3) is 3.22. The third-order valence-corrected chi connectivity index (χ3v) is 4.45. The van der Waals surface area contributed by atoms with Crippen LogP contribution in [0.5, 0.6) is 0 Å². The van der Waals surface area contributed by atoms with Crippen molar-refractivity contribution in [3.05, 3.63) is 59.7 Å². The number of H-pyrrole nitrogens is 1. The monoisotopic (exact) mass is 310 g/mol. The highest BCUT2D eigenvalue weighted by atomic mass is 32.2. The normalized spacial score (nSPS) is 11.2. The molecule has 0 saturated carbocycles. The Bertz CT molecular complexity index is 757. The number of aromatic nitrogens is 2. The predicted octanol–water partition coefficient (Wildman–Crippen LogP) is 4.69. The van der Waals surface area contributed by atoms with Crippen molar-refractivity contribution in [1.29, 1.82) is 0 Å². The molecule has 112 valence electrons. The number of imidazole rings is 1. The molecule has 0 aliphatic carbocycles. The highest BCUT2D eigenvalue weighted by Crippen LogP contribution is 2.23. The molecule has 0 aliphatic rings. The molecule has 0 fully saturated rings. The smallest absolute Gasteiger partial charge is 0.166 e. The van der Waals surface area contributed by atoms with Gasteiger partial charge in [0.2, 0.25) is 0 Å². The van der Waals surface area contributed by atoms with Gasteiger partial charge in [-0.1, -0.05) is 62.0 Å². The highest BCUT2D eigenvalue weighted by Gasteiger charge is 2.10. The van der Waals surface area contributed by atoms with Gasteiger partial charge in [-0.3, -0.25) is 4.79 Å². The minimum Gasteiger partial charge on any atom is -0.333 e. The molecule has 0 unspecified atom stereocenters. The van der Waals surface area contributed by atoms with Crippen LogP contribution in [0.15, 0.2) is 53.7 Å². The second kappa shape index (κ2) is 6.36. The van der Waals surface area contributed by atoms with Gasteiger partial charge in [0.15, 0.2) is 10.9 Å². The Labute approximate surface area is 134 Å². The minimum absolute atomic E-state index is 0.0378. The van der Waals surface area contributed by atoms with Crippen molar-refractivity contribution < 1.29 is 4.79 Å². The maximum atomic E-state index is 11.9. The van der Waals surface area contributed by atoms with E-state index in [2.05, 4.69) is 9.97 Å². The van der Waals surface area contributed by atoms with Gasteiger partial charge in [-0.05, 0) is 17.7 Å². The fraction of sp³-hybridized carbons (Fsp3) is 0.222. The number of Topliss-reactive ketones (excluding diaryl/α,β-unsaturated/α-hetero) is 1. The summed E-state index contributed by atoms with van der Waals surface area (Å²) in [5.74, 6) is 1.06. The van der Waals surface area contributed by atoms with Crippen molar-refractivity contribution in [2.45, 2.75) is 24.8 Å². The zero-order valence-corrected chi connectivity index (χ0v) is 13.5. The first kappa shape index (κ1) is 14.9. The Morgan fingerprint density at radius 2 is 1.86 bits per heavy atom. The van der Waals surface area contributed by atoms with Crippen LogP contribution in [0.4, 0.5) is 0 Å². The topological polar surface area (TPSA) is 45.8 Å². The van der Waals surface area contributed by atoms with E-state index in [1.165, 1.54) is 5.56 Å². The van der Waals surface area contributed by atoms with Gasteiger partial charge in [-0.2, -0.15) is 0 Å². The van der Waals surface area contributed by atoms with Crippen LogP contribution in [0.3, 0.4) is 0 Å². The van der Waals surface area contributed by atoms with Crippen LogP contribution in [-0.4, -0.2) is 15.8 Å². The van der Waals surface area contributed by atoms with Gasteiger partial charge in [0.05, 0.1) is 11.0 Å². The number of hydrogen-bond donors (Lipinski definition) is 1. The molecule has 1 N–H and O–H groups in total. The molecule has 0 atom stereocenters. The van der Waals surface area contributed by atoms with E-state index in [0.717, 1.165) is 27.5 Å². The van der Waals surface area contributed by atoms with E-state index in [-0.39, 0.29) is 11.7 Å². The second-order valence-corrected chi connectivity index (χ2v) is 6.53. The number of hydrogen-bond acceptors (Lipinski definition) is 3. The summed E-state index contributed by atoms with van der Waals surface area (Å²) in [5.41, 5.74) is 4.02. The molecule has 22 heavy (non-hydrogen) atoms. The van der Waals surface area contributed by atoms with Crippen molar-refractivity contribution in [1.82, 2.24) is 9.97 Å². The van der Waals surface area contributed by atoms with Crippen LogP contribution in [-0.2, 0) is 5.75 Å². The van der Waals surface area contributed by atoms with E-state index in [1.54, 1.807) is 11.8 Å². The number of nitrogens with zero attached hydrogens (tertiary/aromatic N) is 1. The Morgan fingerprint density at radius 3 is 2.55 bits per heavy atom. The largest absolute Gasteiger partial charge is 0.333 e. The summed E-state index contributed by atoms with van der Waals surface area (Å²) in [6.45, 7) is 3.85. The van der Waals surface area contributed by atoms with Gasteiger partial charge in [0.1, 0.15) is 0 Å². The van der Waals surface area contributed by atoms with Crippen molar-refractivity contribution in [3.63, 3.8) is 0 Å². The molecule has 1 aromatic heterocycles. The molecule has 0 radical (unpaired) electrons. The van der Waals surface area contributed by atoms with Gasteiger partial charge in [0, 0.05) is 17.2 Å². The van der Waals surface area contributed by atoms with Crippen LogP contribution >= 0.6 is 11.8 Å². The molecule has 0 amide bonds. The first-order chi connectivity index (χ1) is 10.6. The standard InChI is InChI=1S/C18H18N2OS/c1-12(2)17(21)14-9-7-13(8-10-14)11-22-18-19-15-5-3-4-6-16(15)20-18/h3-10,12H,11H2,1-2H3,(H,19,20). The second-order valence-electron chi connectivity index (χ2n) is 5.56. The number of ketones is 1. The third-order valence-electron chi connectivity index (χ3n) is 3.51. The van der Waals surface area contributed by atoms with Crippen LogP contribution in [0.1, 0.15) is 29.8 Å². The lowest BCUT2D eigenvalue weighted by atomic mass is 10.0. The van der Waals surface area contributed by atoms with Gasteiger partial charge in [-0.25, -0.2) is 4.98 Å². The summed E-state index contributed by atoms with van der Waals surface area (Å²) in [4.78, 5) is 19.8. The Hall–Kier alpha value is -2.07. The number of rotatable bonds is 5. The van der Waals surface area contributed by atoms with E-state index in [4.69, 9.17) is 0 Å². The van der Waals surface area contributed by atoms with Crippen LogP contribution in [0.2, 0.25) is 0 Å². The molecule has 1 heterocycles. The lowest BCUT2D eigenvalue weighted by Crippen LogP contribution is -2.07. The maximum absolute atomic E-state index is 11.9. The van der Waals surface area contributed by atoms with Gasteiger partial charge >= 0.3 is 0 Å². The van der Waals surface area contributed by atoms with E-state index in [1.807, 2.05) is 62.4 Å². The zero-order chi connectivity index (χ0) is 15.5. The fourth-order valence-corrected chi connectivity index (χ4v) is 3.09. The number of benzene rings is 2. The van der Waals surface area contributed by atoms with Crippen molar-refractivity contribution in [2.75, 3.05) is 0 Å². The molecular formula is C18H18N2OS. The quantitative estimate of drug-likeness (QED) is 0.549. The predicted molar refractivity (Wildman–Crippen MR) is 91.3 cm³/mol. The van der Waals surface area contributed by atoms with Gasteiger partial charge in [-0.15, -0.1) is 0 Å². The summed E-state index contributed by atoms with van der Waals surface area (Å²) in [6, 6.07) is 15.9. The molecule has 0 saturated heterocycles. The van der Waals surface area contributed by atoms with E-state index >= 15 is 0 Å². The summed E-state index contributed by atoms with van der Waals surface area (Å²) >= 11 is 1.67. The number of aromatic amines is 1. The molecule has 3 rings (SSSR count). The molecule has 0 aliphatic heterocycles. The Morgan fingerprint density at radius 1 is 1.14 bits per heavy atom. The number of thioether (sulfide) groups is 1. The van der Waals surface area contributed by atoms with Crippen LogP contribution < -0.4 is 0 Å². The summed E-state index contributed by atoms with van der Waals surface area (Å²) in [7, 11) is 0. The van der Waals surface area contributed by atoms with Crippen LogP contribution in [0, 0.1) is 5.92 Å². The van der Waals surface area contributed by atoms with E-state index in [0.29, 0.717) is 0 Å². The van der Waals surface area contributed by atoms with Gasteiger partial charge in [0.25, 0.3) is 0 Å². The molecule has 0 spiro atoms. The maximum Gasteiger partial charge on any atom is 0.166 e. The lowest BCUT2D eigenvalue weighted by Gasteiger charge is -2.05. The number of carbonyl (C=O) groups excluding carboxylic acids is 1. The van der Waals surface area contributed by atoms with E-state index in [9.17, 15) is 4.79 Å². The Balaban J connectivity index is 1.67. The Kier molecular flexibility index (Phi) is 4.29. The van der Waals surface area contributed by atoms with Crippen molar-refractivity contribution in [3.8, 4) is 0 Å². The highest BCUT2D eigenvalue weighted by molar-refractivity contribution is 7.98. The number of carbonyl (C=O) groups is 1. The fourth-order valence-electron chi connectivity index (χ4n) is 2.25. The average Bonchev–Trinajstić information content (AvgIpc) is 2.95. The average molecular weight is 310 g/mol. The molecule has 4 heteroatoms. The molecule has 2 aromatic carbocycles. The molecule has 3 nitrogen and oxygen atoms in total. The number of para-hydroxylation sites is 2. The summed E-state index contributed by atoms with van der Waals surface area (Å²) in [6.07, 6.45) is 0. The molecule has 0 bridgehead atoms. The first-order valence-electron chi connectivity index (χ1n) is 7.34. The van der Waals surface area contributed by atoms with E-state index < -0.39 is 0 Å². The van der Waals surface area contributed by atoms with Crippen molar-refractivity contribution >= 4 is 28.6 Å². The first-order valence-corrected chi connectivity index (χ1v) is 8.33. The van der Waals surface area contributed by atoms with Crippen molar-refractivity contribution in [2.24, 2.45) is 5.92 Å². The molecular weight excluding hydrogens is 292 g/mol. The molecule has 3 aromatic rings. The van der Waals surface area contributed by atoms with Gasteiger partial charge < -0.3 is 4.98 Å². The lowest BCUT2D eigenvalue weighted by molar-refractivity contribution is 0.0939. The zero-order valence-electron chi connectivity index (χ0n) is 12.7. The SMILES string of the molecule is CC(C)C(=O)c1ccc(CSc2nc3ccccc3[nH]2)cc1. The summed E-state index contributed by atoms with van der Waals surface area (Å²) < 4.78 is 0. The number of fused-ring (bicyclic) bond motifs is 1.